The first-order valence-electron chi connectivity index (χ1n) is 6.00. The van der Waals surface area contributed by atoms with Gasteiger partial charge in [0.2, 0.25) is 5.91 Å². The lowest BCUT2D eigenvalue weighted by molar-refractivity contribution is -0.139. The molecule has 8 heteroatoms. The Balaban J connectivity index is 2.81. The summed E-state index contributed by atoms with van der Waals surface area (Å²) in [5.74, 6) is -3.45. The Hall–Kier alpha value is -2.64. The van der Waals surface area contributed by atoms with Gasteiger partial charge < -0.3 is 20.9 Å². The molecule has 0 aromatic heterocycles. The maximum absolute atomic E-state index is 13.2. The number of nitrogens with two attached hydrogens (primary N) is 1. The molecule has 7 nitrogen and oxygen atoms in total. The van der Waals surface area contributed by atoms with Crippen LogP contribution in [0.5, 0.6) is 5.75 Å². The van der Waals surface area contributed by atoms with Gasteiger partial charge in [0.1, 0.15) is 6.04 Å². The highest BCUT2D eigenvalue weighted by Crippen LogP contribution is 2.18. The number of carboxylic acids is 1. The van der Waals surface area contributed by atoms with Gasteiger partial charge in [-0.05, 0) is 24.6 Å². The number of benzene rings is 1. The first-order valence-corrected chi connectivity index (χ1v) is 6.00. The molecule has 0 bridgehead atoms. The molecular weight excluding hydrogens is 283 g/mol. The van der Waals surface area contributed by atoms with Crippen LogP contribution in [0.3, 0.4) is 0 Å². The van der Waals surface area contributed by atoms with Gasteiger partial charge in [0.25, 0.3) is 5.91 Å². The molecule has 0 unspecified atom stereocenters. The third-order valence-electron chi connectivity index (χ3n) is 2.70. The quantitative estimate of drug-likeness (QED) is 0.668. The number of primary amides is 1. The van der Waals surface area contributed by atoms with E-state index in [1.165, 1.54) is 13.2 Å². The number of hydrogen-bond acceptors (Lipinski definition) is 4. The van der Waals surface area contributed by atoms with Crippen molar-refractivity contribution < 1.29 is 28.6 Å². The van der Waals surface area contributed by atoms with Gasteiger partial charge >= 0.3 is 5.97 Å². The Morgan fingerprint density at radius 1 is 1.43 bits per heavy atom. The van der Waals surface area contributed by atoms with Crippen molar-refractivity contribution in [3.8, 4) is 5.75 Å². The summed E-state index contributed by atoms with van der Waals surface area (Å²) in [6.45, 7) is 0. The van der Waals surface area contributed by atoms with E-state index in [4.69, 9.17) is 15.6 Å². The Kier molecular flexibility index (Phi) is 5.65. The smallest absolute Gasteiger partial charge is 0.326 e. The van der Waals surface area contributed by atoms with Crippen molar-refractivity contribution in [2.75, 3.05) is 7.11 Å². The lowest BCUT2D eigenvalue weighted by Gasteiger charge is -2.14. The van der Waals surface area contributed by atoms with E-state index in [0.717, 1.165) is 12.1 Å². The first-order chi connectivity index (χ1) is 9.85. The molecule has 0 heterocycles. The zero-order valence-electron chi connectivity index (χ0n) is 11.3. The van der Waals surface area contributed by atoms with Crippen LogP contribution in [0.25, 0.3) is 0 Å². The summed E-state index contributed by atoms with van der Waals surface area (Å²) in [5, 5.41) is 11.2. The Bertz CT molecular complexity index is 561. The third-order valence-corrected chi connectivity index (χ3v) is 2.70. The standard InChI is InChI=1S/C13H15FN2O5/c1-21-10-6-7(2-3-8(10)14)12(18)16-9(13(19)20)4-5-11(15)17/h2-3,6,9H,4-5H2,1H3,(H2,15,17)(H,16,18)(H,19,20)/t9-/m1/s1. The van der Waals surface area contributed by atoms with Gasteiger partial charge in [-0.25, -0.2) is 9.18 Å². The number of carbonyl (C=O) groups excluding carboxylic acids is 2. The number of hydrogen-bond donors (Lipinski definition) is 3. The van der Waals surface area contributed by atoms with Crippen LogP contribution in [-0.2, 0) is 9.59 Å². The number of carboxylic acid groups (broad SMARTS) is 1. The molecule has 21 heavy (non-hydrogen) atoms. The normalized spacial score (nSPS) is 11.5. The second-order valence-electron chi connectivity index (χ2n) is 4.22. The average molecular weight is 298 g/mol. The molecule has 0 aliphatic rings. The monoisotopic (exact) mass is 298 g/mol. The molecule has 0 fully saturated rings. The molecular formula is C13H15FN2O5. The van der Waals surface area contributed by atoms with Crippen molar-refractivity contribution >= 4 is 17.8 Å². The number of nitrogens with one attached hydrogen (secondary N) is 1. The lowest BCUT2D eigenvalue weighted by Crippen LogP contribution is -2.41. The zero-order valence-corrected chi connectivity index (χ0v) is 11.3. The number of halogens is 1. The molecule has 1 rings (SSSR count). The Morgan fingerprint density at radius 2 is 2.10 bits per heavy atom. The van der Waals surface area contributed by atoms with Gasteiger partial charge in [-0.2, -0.15) is 0 Å². The molecule has 1 aromatic rings. The highest BCUT2D eigenvalue weighted by molar-refractivity contribution is 5.97. The van der Waals surface area contributed by atoms with Crippen LogP contribution in [0.1, 0.15) is 23.2 Å². The van der Waals surface area contributed by atoms with Gasteiger partial charge in [-0.15, -0.1) is 0 Å². The van der Waals surface area contributed by atoms with Crippen molar-refractivity contribution in [1.29, 1.82) is 0 Å². The molecule has 0 saturated heterocycles. The zero-order chi connectivity index (χ0) is 16.0. The molecule has 0 spiro atoms. The second kappa shape index (κ2) is 7.22. The number of aliphatic carboxylic acids is 1. The Labute approximate surface area is 119 Å². The van der Waals surface area contributed by atoms with Gasteiger partial charge in [0, 0.05) is 12.0 Å². The Morgan fingerprint density at radius 3 is 2.62 bits per heavy atom. The van der Waals surface area contributed by atoms with E-state index < -0.39 is 29.6 Å². The fourth-order valence-corrected chi connectivity index (χ4v) is 1.59. The minimum absolute atomic E-state index is 0.0403. The van der Waals surface area contributed by atoms with E-state index in [-0.39, 0.29) is 24.2 Å². The topological polar surface area (TPSA) is 119 Å². The van der Waals surface area contributed by atoms with Gasteiger partial charge in [-0.3, -0.25) is 9.59 Å². The summed E-state index contributed by atoms with van der Waals surface area (Å²) in [4.78, 5) is 33.6. The summed E-state index contributed by atoms with van der Waals surface area (Å²) < 4.78 is 18.0. The van der Waals surface area contributed by atoms with Crippen molar-refractivity contribution in [1.82, 2.24) is 5.32 Å². The SMILES string of the molecule is COc1cc(C(=O)N[C@H](CCC(N)=O)C(=O)O)ccc1F. The average Bonchev–Trinajstić information content (AvgIpc) is 2.43. The molecule has 1 atom stereocenters. The number of rotatable bonds is 7. The molecule has 0 radical (unpaired) electrons. The fraction of sp³-hybridized carbons (Fsp3) is 0.308. The first kappa shape index (κ1) is 16.4. The highest BCUT2D eigenvalue weighted by atomic mass is 19.1. The number of methoxy groups -OCH3 is 1. The van der Waals surface area contributed by atoms with Crippen molar-refractivity contribution in [2.24, 2.45) is 5.73 Å². The van der Waals surface area contributed by atoms with E-state index >= 15 is 0 Å². The fourth-order valence-electron chi connectivity index (χ4n) is 1.59. The number of carbonyl (C=O) groups is 3. The molecule has 114 valence electrons. The van der Waals surface area contributed by atoms with Crippen LogP contribution in [0.4, 0.5) is 4.39 Å². The molecule has 0 aliphatic heterocycles. The van der Waals surface area contributed by atoms with Gasteiger partial charge in [-0.1, -0.05) is 0 Å². The van der Waals surface area contributed by atoms with Crippen LogP contribution in [0.15, 0.2) is 18.2 Å². The summed E-state index contributed by atoms with van der Waals surface area (Å²) in [5.41, 5.74) is 4.97. The van der Waals surface area contributed by atoms with Crippen LogP contribution in [-0.4, -0.2) is 36.0 Å². The molecule has 1 aromatic carbocycles. The van der Waals surface area contributed by atoms with Crippen LogP contribution < -0.4 is 15.8 Å². The maximum atomic E-state index is 13.2. The van der Waals surface area contributed by atoms with Crippen molar-refractivity contribution in [3.05, 3.63) is 29.6 Å². The van der Waals surface area contributed by atoms with Crippen LogP contribution in [0.2, 0.25) is 0 Å². The van der Waals surface area contributed by atoms with Crippen LogP contribution >= 0.6 is 0 Å². The van der Waals surface area contributed by atoms with Gasteiger partial charge in [0.15, 0.2) is 11.6 Å². The van der Waals surface area contributed by atoms with E-state index in [9.17, 15) is 18.8 Å². The van der Waals surface area contributed by atoms with E-state index in [1.807, 2.05) is 0 Å². The highest BCUT2D eigenvalue weighted by Gasteiger charge is 2.21. The largest absolute Gasteiger partial charge is 0.494 e. The predicted molar refractivity (Wildman–Crippen MR) is 70.3 cm³/mol. The maximum Gasteiger partial charge on any atom is 0.326 e. The van der Waals surface area contributed by atoms with Crippen molar-refractivity contribution in [3.63, 3.8) is 0 Å². The summed E-state index contributed by atoms with van der Waals surface area (Å²) in [6.07, 6.45) is -0.307. The minimum atomic E-state index is -1.29. The van der Waals surface area contributed by atoms with Gasteiger partial charge in [0.05, 0.1) is 7.11 Å². The number of amides is 2. The van der Waals surface area contributed by atoms with E-state index in [1.54, 1.807) is 0 Å². The third kappa shape index (κ3) is 4.75. The molecule has 0 saturated carbocycles. The molecule has 4 N–H and O–H groups in total. The summed E-state index contributed by atoms with van der Waals surface area (Å²) >= 11 is 0. The van der Waals surface area contributed by atoms with Crippen LogP contribution in [0, 0.1) is 5.82 Å². The number of ether oxygens (including phenoxy) is 1. The molecule has 2 amide bonds. The summed E-state index contributed by atoms with van der Waals surface area (Å²) in [7, 11) is 1.24. The minimum Gasteiger partial charge on any atom is -0.494 e. The van der Waals surface area contributed by atoms with E-state index in [0.29, 0.717) is 0 Å². The predicted octanol–water partition coefficient (Wildman–Crippen LogP) is 0.283. The van der Waals surface area contributed by atoms with E-state index in [2.05, 4.69) is 5.32 Å². The van der Waals surface area contributed by atoms with Crippen molar-refractivity contribution in [2.45, 2.75) is 18.9 Å². The lowest BCUT2D eigenvalue weighted by atomic mass is 10.1. The summed E-state index contributed by atoms with van der Waals surface area (Å²) in [6, 6.07) is 2.12. The second-order valence-corrected chi connectivity index (χ2v) is 4.22. The molecule has 0 aliphatic carbocycles.